The maximum Gasteiger partial charge on any atom is 0.240 e. The molecule has 0 spiro atoms. The summed E-state index contributed by atoms with van der Waals surface area (Å²) in [6, 6.07) is 7.03. The Labute approximate surface area is 187 Å². The molecule has 1 saturated carbocycles. The normalized spacial score (nSPS) is 14.4. The Morgan fingerprint density at radius 2 is 1.96 bits per heavy atom. The van der Waals surface area contributed by atoms with Crippen molar-refractivity contribution in [2.75, 3.05) is 13.6 Å². The van der Waals surface area contributed by atoms with Gasteiger partial charge >= 0.3 is 0 Å². The van der Waals surface area contributed by atoms with E-state index in [9.17, 15) is 8.42 Å². The molecule has 10 heteroatoms. The van der Waals surface area contributed by atoms with Gasteiger partial charge in [-0.2, -0.15) is 0 Å². The van der Waals surface area contributed by atoms with Crippen LogP contribution in [0.25, 0.3) is 0 Å². The van der Waals surface area contributed by atoms with Gasteiger partial charge in [0.25, 0.3) is 0 Å². The molecule has 0 bridgehead atoms. The molecule has 1 heterocycles. The zero-order valence-electron chi connectivity index (χ0n) is 15.9. The maximum absolute atomic E-state index is 12.2. The molecule has 1 aliphatic rings. The second-order valence-electron chi connectivity index (χ2n) is 6.51. The molecule has 1 aromatic carbocycles. The van der Waals surface area contributed by atoms with Gasteiger partial charge in [0.15, 0.2) is 5.96 Å². The predicted octanol–water partition coefficient (Wildman–Crippen LogP) is 2.42. The minimum atomic E-state index is -3.40. The number of aromatic nitrogens is 1. The van der Waals surface area contributed by atoms with Crippen LogP contribution in [0.4, 0.5) is 0 Å². The van der Waals surface area contributed by atoms with E-state index in [0.29, 0.717) is 17.4 Å². The summed E-state index contributed by atoms with van der Waals surface area (Å²) in [4.78, 5) is 10.1. The van der Waals surface area contributed by atoms with Crippen LogP contribution in [0.15, 0.2) is 40.4 Å². The number of hydrogen-bond acceptors (Lipinski definition) is 5. The first kappa shape index (κ1) is 23.0. The summed E-state index contributed by atoms with van der Waals surface area (Å²) in [6.07, 6.45) is 4.59. The minimum absolute atomic E-state index is 0. The highest BCUT2D eigenvalue weighted by Crippen LogP contribution is 2.22. The lowest BCUT2D eigenvalue weighted by atomic mass is 10.2. The number of guanidine groups is 1. The third-order valence-electron chi connectivity index (χ3n) is 4.12. The zero-order chi connectivity index (χ0) is 19.3. The van der Waals surface area contributed by atoms with Gasteiger partial charge in [0.2, 0.25) is 10.0 Å². The van der Waals surface area contributed by atoms with Gasteiger partial charge in [-0.25, -0.2) is 18.1 Å². The number of thiazole rings is 1. The Morgan fingerprint density at radius 3 is 2.54 bits per heavy atom. The number of nitrogens with one attached hydrogen (secondary N) is 3. The highest BCUT2D eigenvalue weighted by molar-refractivity contribution is 14.0. The molecular formula is C18H26IN5O2S2. The predicted molar refractivity (Wildman–Crippen MR) is 124 cm³/mol. The maximum atomic E-state index is 12.2. The number of benzene rings is 1. The smallest absolute Gasteiger partial charge is 0.240 e. The molecular weight excluding hydrogens is 509 g/mol. The second kappa shape index (κ2) is 10.5. The average Bonchev–Trinajstić information content (AvgIpc) is 3.36. The SMILES string of the molecule is CN=C(NCCc1ncc(C)s1)NCc1ccc(S(=O)(=O)NC2CC2)cc1.I. The summed E-state index contributed by atoms with van der Waals surface area (Å²) in [5, 5.41) is 7.60. The molecule has 0 aliphatic heterocycles. The lowest BCUT2D eigenvalue weighted by molar-refractivity contribution is 0.581. The third-order valence-corrected chi connectivity index (χ3v) is 6.63. The van der Waals surface area contributed by atoms with Crippen LogP contribution in [0.5, 0.6) is 0 Å². The standard InChI is InChI=1S/C18H25N5O2S2.HI/c1-13-11-21-17(26-13)9-10-20-18(19-2)22-12-14-3-7-16(8-4-14)27(24,25)23-15-5-6-15;/h3-4,7-8,11,15,23H,5-6,9-10,12H2,1-2H3,(H2,19,20,22);1H. The lowest BCUT2D eigenvalue weighted by Gasteiger charge is -2.12. The van der Waals surface area contributed by atoms with Gasteiger partial charge < -0.3 is 10.6 Å². The fourth-order valence-corrected chi connectivity index (χ4v) is 4.58. The fourth-order valence-electron chi connectivity index (χ4n) is 2.49. The van der Waals surface area contributed by atoms with Crippen molar-refractivity contribution in [1.29, 1.82) is 0 Å². The third kappa shape index (κ3) is 6.98. The lowest BCUT2D eigenvalue weighted by Crippen LogP contribution is -2.37. The Bertz CT molecular complexity index is 893. The molecule has 1 fully saturated rings. The van der Waals surface area contributed by atoms with Gasteiger partial charge in [0, 0.05) is 43.7 Å². The molecule has 0 saturated heterocycles. The summed E-state index contributed by atoms with van der Waals surface area (Å²) < 4.78 is 27.1. The van der Waals surface area contributed by atoms with E-state index in [-0.39, 0.29) is 30.0 Å². The van der Waals surface area contributed by atoms with Crippen LogP contribution in [0, 0.1) is 6.92 Å². The van der Waals surface area contributed by atoms with Crippen molar-refractivity contribution in [1.82, 2.24) is 20.3 Å². The van der Waals surface area contributed by atoms with Crippen LogP contribution in [-0.2, 0) is 23.0 Å². The second-order valence-corrected chi connectivity index (χ2v) is 9.54. The van der Waals surface area contributed by atoms with Crippen molar-refractivity contribution in [2.45, 2.75) is 43.7 Å². The van der Waals surface area contributed by atoms with Crippen LogP contribution < -0.4 is 15.4 Å². The number of aryl methyl sites for hydroxylation is 1. The van der Waals surface area contributed by atoms with Crippen LogP contribution in [0.3, 0.4) is 0 Å². The molecule has 28 heavy (non-hydrogen) atoms. The van der Waals surface area contributed by atoms with E-state index in [1.165, 1.54) is 4.88 Å². The molecule has 0 atom stereocenters. The molecule has 154 valence electrons. The first-order valence-corrected chi connectivity index (χ1v) is 11.2. The summed E-state index contributed by atoms with van der Waals surface area (Å²) in [5.41, 5.74) is 0.985. The van der Waals surface area contributed by atoms with Crippen molar-refractivity contribution in [2.24, 2.45) is 4.99 Å². The van der Waals surface area contributed by atoms with E-state index in [1.54, 1.807) is 30.5 Å². The number of hydrogen-bond donors (Lipinski definition) is 3. The molecule has 3 N–H and O–H groups in total. The Balaban J connectivity index is 0.00000280. The number of rotatable bonds is 8. The van der Waals surface area contributed by atoms with Gasteiger partial charge in [-0.05, 0) is 37.5 Å². The van der Waals surface area contributed by atoms with Crippen molar-refractivity contribution >= 4 is 51.3 Å². The molecule has 1 aliphatic carbocycles. The van der Waals surface area contributed by atoms with Crippen molar-refractivity contribution < 1.29 is 8.42 Å². The van der Waals surface area contributed by atoms with Crippen LogP contribution in [0.1, 0.15) is 28.3 Å². The number of nitrogens with zero attached hydrogens (tertiary/aromatic N) is 2. The zero-order valence-corrected chi connectivity index (χ0v) is 19.9. The van der Waals surface area contributed by atoms with E-state index in [1.807, 2.05) is 25.3 Å². The van der Waals surface area contributed by atoms with E-state index in [0.717, 1.165) is 36.4 Å². The topological polar surface area (TPSA) is 95.5 Å². The highest BCUT2D eigenvalue weighted by Gasteiger charge is 2.27. The Hall–Kier alpha value is -1.24. The quantitative estimate of drug-likeness (QED) is 0.274. The summed E-state index contributed by atoms with van der Waals surface area (Å²) in [6.45, 7) is 3.36. The van der Waals surface area contributed by atoms with Crippen LogP contribution >= 0.6 is 35.3 Å². The molecule has 3 rings (SSSR count). The van der Waals surface area contributed by atoms with E-state index in [2.05, 4.69) is 25.3 Å². The first-order valence-electron chi connectivity index (χ1n) is 8.93. The highest BCUT2D eigenvalue weighted by atomic mass is 127. The molecule has 0 unspecified atom stereocenters. The number of halogens is 1. The number of aliphatic imine (C=N–C) groups is 1. The minimum Gasteiger partial charge on any atom is -0.356 e. The van der Waals surface area contributed by atoms with Crippen molar-refractivity contribution in [3.63, 3.8) is 0 Å². The summed E-state index contributed by atoms with van der Waals surface area (Å²) in [5.74, 6) is 0.704. The van der Waals surface area contributed by atoms with Gasteiger partial charge in [-0.3, -0.25) is 4.99 Å². The van der Waals surface area contributed by atoms with Crippen LogP contribution in [0.2, 0.25) is 0 Å². The first-order chi connectivity index (χ1) is 13.0. The van der Waals surface area contributed by atoms with Gasteiger partial charge in [-0.1, -0.05) is 12.1 Å². The average molecular weight is 535 g/mol. The summed E-state index contributed by atoms with van der Waals surface area (Å²) >= 11 is 1.70. The number of sulfonamides is 1. The van der Waals surface area contributed by atoms with Crippen LogP contribution in [-0.4, -0.2) is 39.0 Å². The van der Waals surface area contributed by atoms with E-state index in [4.69, 9.17) is 0 Å². The monoisotopic (exact) mass is 535 g/mol. The van der Waals surface area contributed by atoms with E-state index >= 15 is 0 Å². The Kier molecular flexibility index (Phi) is 8.65. The molecule has 0 radical (unpaired) electrons. The van der Waals surface area contributed by atoms with Crippen molar-refractivity contribution in [3.05, 3.63) is 45.9 Å². The van der Waals surface area contributed by atoms with Gasteiger partial charge in [-0.15, -0.1) is 35.3 Å². The van der Waals surface area contributed by atoms with Gasteiger partial charge in [0.1, 0.15) is 0 Å². The molecule has 0 amide bonds. The molecule has 1 aromatic heterocycles. The largest absolute Gasteiger partial charge is 0.356 e. The molecule has 7 nitrogen and oxygen atoms in total. The van der Waals surface area contributed by atoms with Crippen molar-refractivity contribution in [3.8, 4) is 0 Å². The van der Waals surface area contributed by atoms with Gasteiger partial charge in [0.05, 0.1) is 9.90 Å². The molecule has 2 aromatic rings. The summed E-state index contributed by atoms with van der Waals surface area (Å²) in [7, 11) is -1.67. The fraction of sp³-hybridized carbons (Fsp3) is 0.444. The Morgan fingerprint density at radius 1 is 1.25 bits per heavy atom. The van der Waals surface area contributed by atoms with E-state index < -0.39 is 10.0 Å².